The predicted octanol–water partition coefficient (Wildman–Crippen LogP) is 4.85. The van der Waals surface area contributed by atoms with Crippen LogP contribution in [0.4, 0.5) is 11.4 Å². The molecule has 0 radical (unpaired) electrons. The largest absolute Gasteiger partial charge is 0.493 e. The van der Waals surface area contributed by atoms with Crippen molar-refractivity contribution in [2.24, 2.45) is 7.05 Å². The van der Waals surface area contributed by atoms with Crippen LogP contribution in [-0.2, 0) is 29.4 Å². The molecule has 0 atom stereocenters. The highest BCUT2D eigenvalue weighted by atomic mass is 16.5. The topological polar surface area (TPSA) is 102 Å². The van der Waals surface area contributed by atoms with E-state index in [1.807, 2.05) is 83.1 Å². The molecule has 4 aromatic rings. The molecule has 0 unspecified atom stereocenters. The summed E-state index contributed by atoms with van der Waals surface area (Å²) in [6.07, 6.45) is 5.55. The van der Waals surface area contributed by atoms with Crippen molar-refractivity contribution in [3.05, 3.63) is 77.9 Å². The lowest BCUT2D eigenvalue weighted by Gasteiger charge is -2.27. The van der Waals surface area contributed by atoms with Crippen molar-refractivity contribution >= 4 is 34.2 Å². The molecule has 1 aliphatic heterocycles. The molecular formula is C34H40N6O4. The van der Waals surface area contributed by atoms with Crippen molar-refractivity contribution in [1.82, 2.24) is 19.4 Å². The van der Waals surface area contributed by atoms with Crippen molar-refractivity contribution in [2.45, 2.75) is 32.8 Å². The van der Waals surface area contributed by atoms with Gasteiger partial charge in [-0.15, -0.1) is 0 Å². The number of nitrogens with one attached hydrogen (secondary N) is 1. The number of ether oxygens (including phenoxy) is 2. The van der Waals surface area contributed by atoms with E-state index in [0.717, 1.165) is 52.1 Å². The highest BCUT2D eigenvalue weighted by Crippen LogP contribution is 2.43. The first-order chi connectivity index (χ1) is 21.1. The molecule has 44 heavy (non-hydrogen) atoms. The standard InChI is InChI=1S/C34H40N6O4/c1-8-30(41)36-27-17-22(33-24(13-16-43-33)32(27)39(6)15-14-38(4)5)18-29-35-19-25(34(42)44-21(2)3)31(37-29)26-20-40(7)28-12-10-9-11-23(26)28/h8-12,17,19-21H,1,13-16,18H2,2-7H3,(H,36,41). The third kappa shape index (κ3) is 6.30. The molecule has 0 fully saturated rings. The number of aromatic nitrogens is 3. The number of anilines is 2. The van der Waals surface area contributed by atoms with Gasteiger partial charge in [0.2, 0.25) is 5.91 Å². The second-order valence-corrected chi connectivity index (χ2v) is 11.6. The van der Waals surface area contributed by atoms with Crippen molar-refractivity contribution in [3.8, 4) is 17.0 Å². The maximum atomic E-state index is 13.2. The molecular weight excluding hydrogens is 556 g/mol. The van der Waals surface area contributed by atoms with Crippen molar-refractivity contribution in [3.63, 3.8) is 0 Å². The predicted molar refractivity (Wildman–Crippen MR) is 174 cm³/mol. The van der Waals surface area contributed by atoms with Crippen LogP contribution in [0.2, 0.25) is 0 Å². The Kier molecular flexibility index (Phi) is 9.01. The molecule has 10 heteroatoms. The minimum atomic E-state index is -0.474. The first kappa shape index (κ1) is 30.7. The average molecular weight is 597 g/mol. The zero-order chi connectivity index (χ0) is 31.5. The number of hydrogen-bond acceptors (Lipinski definition) is 8. The maximum Gasteiger partial charge on any atom is 0.342 e. The van der Waals surface area contributed by atoms with Gasteiger partial charge in [0, 0.05) is 80.0 Å². The van der Waals surface area contributed by atoms with Crippen molar-refractivity contribution in [1.29, 1.82) is 0 Å². The molecule has 230 valence electrons. The van der Waals surface area contributed by atoms with Crippen LogP contribution in [0.5, 0.6) is 5.75 Å². The first-order valence-corrected chi connectivity index (χ1v) is 14.8. The zero-order valence-corrected chi connectivity index (χ0v) is 26.3. The van der Waals surface area contributed by atoms with Crippen LogP contribution in [0.1, 0.15) is 41.2 Å². The molecule has 1 amide bonds. The van der Waals surface area contributed by atoms with Gasteiger partial charge in [-0.1, -0.05) is 24.8 Å². The summed E-state index contributed by atoms with van der Waals surface area (Å²) in [5.74, 6) is 0.534. The van der Waals surface area contributed by atoms with Gasteiger partial charge in [-0.05, 0) is 46.2 Å². The number of nitrogens with zero attached hydrogens (tertiary/aromatic N) is 5. The molecule has 0 saturated carbocycles. The molecule has 0 bridgehead atoms. The number of aryl methyl sites for hydroxylation is 1. The summed E-state index contributed by atoms with van der Waals surface area (Å²) in [6, 6.07) is 9.94. The number of carbonyl (C=O) groups excluding carboxylic acids is 2. The third-order valence-corrected chi connectivity index (χ3v) is 7.63. The van der Waals surface area contributed by atoms with Crippen LogP contribution in [0.15, 0.2) is 55.4 Å². The summed E-state index contributed by atoms with van der Waals surface area (Å²) in [7, 11) is 8.06. The summed E-state index contributed by atoms with van der Waals surface area (Å²) in [4.78, 5) is 39.6. The first-order valence-electron chi connectivity index (χ1n) is 14.8. The van der Waals surface area contributed by atoms with E-state index in [9.17, 15) is 9.59 Å². The summed E-state index contributed by atoms with van der Waals surface area (Å²) in [5.41, 5.74) is 6.16. The molecule has 0 aliphatic carbocycles. The van der Waals surface area contributed by atoms with Gasteiger partial charge in [-0.3, -0.25) is 4.79 Å². The van der Waals surface area contributed by atoms with Gasteiger partial charge < -0.3 is 29.2 Å². The molecule has 3 heterocycles. The van der Waals surface area contributed by atoms with Crippen molar-refractivity contribution in [2.75, 3.05) is 51.1 Å². The Morgan fingerprint density at radius 3 is 2.70 bits per heavy atom. The second-order valence-electron chi connectivity index (χ2n) is 11.6. The number of carbonyl (C=O) groups is 2. The molecule has 1 aliphatic rings. The molecule has 2 aromatic heterocycles. The van der Waals surface area contributed by atoms with Crippen LogP contribution < -0.4 is 15.0 Å². The van der Waals surface area contributed by atoms with E-state index in [-0.39, 0.29) is 12.0 Å². The van der Waals surface area contributed by atoms with Crippen LogP contribution in [0, 0.1) is 0 Å². The van der Waals surface area contributed by atoms with E-state index in [4.69, 9.17) is 14.5 Å². The minimum absolute atomic E-state index is 0.291. The molecule has 5 rings (SSSR count). The molecule has 10 nitrogen and oxygen atoms in total. The number of amides is 1. The fourth-order valence-electron chi connectivity index (χ4n) is 5.58. The van der Waals surface area contributed by atoms with E-state index in [1.165, 1.54) is 6.08 Å². The van der Waals surface area contributed by atoms with Gasteiger partial charge in [-0.2, -0.15) is 0 Å². The average Bonchev–Trinajstić information content (AvgIpc) is 3.61. The van der Waals surface area contributed by atoms with Gasteiger partial charge in [0.15, 0.2) is 0 Å². The van der Waals surface area contributed by atoms with Gasteiger partial charge in [0.25, 0.3) is 0 Å². The fourth-order valence-corrected chi connectivity index (χ4v) is 5.58. The molecule has 2 aromatic carbocycles. The van der Waals surface area contributed by atoms with Gasteiger partial charge in [0.05, 0.1) is 29.8 Å². The molecule has 0 spiro atoms. The summed E-state index contributed by atoms with van der Waals surface area (Å²) in [5, 5.41) is 3.99. The Labute approximate surface area is 258 Å². The normalized spacial score (nSPS) is 12.4. The highest BCUT2D eigenvalue weighted by molar-refractivity contribution is 6.03. The Bertz CT molecular complexity index is 1720. The van der Waals surface area contributed by atoms with E-state index in [0.29, 0.717) is 42.2 Å². The highest BCUT2D eigenvalue weighted by Gasteiger charge is 2.28. The number of para-hydroxylation sites is 1. The van der Waals surface area contributed by atoms with Crippen LogP contribution in [0.25, 0.3) is 22.2 Å². The van der Waals surface area contributed by atoms with Crippen LogP contribution in [0.3, 0.4) is 0 Å². The summed E-state index contributed by atoms with van der Waals surface area (Å²) < 4.78 is 13.8. The van der Waals surface area contributed by atoms with Crippen LogP contribution >= 0.6 is 0 Å². The summed E-state index contributed by atoms with van der Waals surface area (Å²) in [6.45, 7) is 9.42. The second kappa shape index (κ2) is 12.9. The Hall–Kier alpha value is -4.70. The third-order valence-electron chi connectivity index (χ3n) is 7.63. The lowest BCUT2D eigenvalue weighted by atomic mass is 9.99. The smallest absolute Gasteiger partial charge is 0.342 e. The number of hydrogen-bond donors (Lipinski definition) is 1. The minimum Gasteiger partial charge on any atom is -0.493 e. The van der Waals surface area contributed by atoms with E-state index >= 15 is 0 Å². The molecule has 1 N–H and O–H groups in total. The maximum absolute atomic E-state index is 13.2. The van der Waals surface area contributed by atoms with Crippen molar-refractivity contribution < 1.29 is 19.1 Å². The lowest BCUT2D eigenvalue weighted by Crippen LogP contribution is -2.30. The monoisotopic (exact) mass is 596 g/mol. The van der Waals surface area contributed by atoms with E-state index < -0.39 is 5.97 Å². The Balaban J connectivity index is 1.61. The van der Waals surface area contributed by atoms with Gasteiger partial charge >= 0.3 is 5.97 Å². The van der Waals surface area contributed by atoms with E-state index in [2.05, 4.69) is 26.7 Å². The number of fused-ring (bicyclic) bond motifs is 2. The Morgan fingerprint density at radius 2 is 1.98 bits per heavy atom. The molecule has 0 saturated heterocycles. The van der Waals surface area contributed by atoms with Crippen LogP contribution in [-0.4, -0.2) is 78.3 Å². The fraction of sp³-hybridized carbons (Fsp3) is 0.353. The number of rotatable bonds is 11. The SMILES string of the molecule is C=CC(=O)Nc1cc(Cc2ncc(C(=O)OC(C)C)c(-c3cn(C)c4ccccc34)n2)c2c(c1N(C)CCN(C)C)CCO2. The van der Waals surface area contributed by atoms with Gasteiger partial charge in [0.1, 0.15) is 17.1 Å². The quantitative estimate of drug-likeness (QED) is 0.194. The number of benzene rings is 2. The number of esters is 1. The van der Waals surface area contributed by atoms with Gasteiger partial charge in [-0.25, -0.2) is 14.8 Å². The zero-order valence-electron chi connectivity index (χ0n) is 26.3. The number of likely N-dealkylation sites (N-methyl/N-ethyl adjacent to an activating group) is 2. The Morgan fingerprint density at radius 1 is 1.20 bits per heavy atom. The lowest BCUT2D eigenvalue weighted by molar-refractivity contribution is -0.111. The van der Waals surface area contributed by atoms with E-state index in [1.54, 1.807) is 6.20 Å². The summed E-state index contributed by atoms with van der Waals surface area (Å²) >= 11 is 0.